The lowest BCUT2D eigenvalue weighted by atomic mass is 10.1. The van der Waals surface area contributed by atoms with Crippen LogP contribution in [0.1, 0.15) is 17.3 Å². The van der Waals surface area contributed by atoms with Crippen LogP contribution < -0.4 is 0 Å². The van der Waals surface area contributed by atoms with Gasteiger partial charge in [0.15, 0.2) is 0 Å². The zero-order valence-corrected chi connectivity index (χ0v) is 9.79. The van der Waals surface area contributed by atoms with Crippen molar-refractivity contribution in [2.75, 3.05) is 6.61 Å². The van der Waals surface area contributed by atoms with E-state index >= 15 is 0 Å². The Labute approximate surface area is 98.5 Å². The van der Waals surface area contributed by atoms with E-state index in [1.807, 2.05) is 48.0 Å². The summed E-state index contributed by atoms with van der Waals surface area (Å²) < 4.78 is 5.02. The number of carbonyl (C=O) groups is 1. The Morgan fingerprint density at radius 1 is 1.25 bits per heavy atom. The van der Waals surface area contributed by atoms with Gasteiger partial charge < -0.3 is 4.74 Å². The van der Waals surface area contributed by atoms with Gasteiger partial charge in [-0.25, -0.2) is 4.79 Å². The predicted octanol–water partition coefficient (Wildman–Crippen LogP) is 3.59. The van der Waals surface area contributed by atoms with Crippen molar-refractivity contribution in [1.29, 1.82) is 0 Å². The molecule has 0 bridgehead atoms. The molecular formula is C13H12O2S. The first-order valence-corrected chi connectivity index (χ1v) is 6.06. The first kappa shape index (κ1) is 10.9. The van der Waals surface area contributed by atoms with E-state index in [0.717, 1.165) is 11.1 Å². The van der Waals surface area contributed by atoms with Crippen LogP contribution in [0, 0.1) is 0 Å². The Hall–Kier alpha value is -1.61. The van der Waals surface area contributed by atoms with Crippen molar-refractivity contribution in [2.24, 2.45) is 0 Å². The summed E-state index contributed by atoms with van der Waals surface area (Å²) in [5, 5.41) is 3.81. The van der Waals surface area contributed by atoms with E-state index in [4.69, 9.17) is 4.74 Å². The lowest BCUT2D eigenvalue weighted by Gasteiger charge is -2.03. The van der Waals surface area contributed by atoms with Crippen molar-refractivity contribution in [2.45, 2.75) is 6.92 Å². The zero-order chi connectivity index (χ0) is 11.4. The van der Waals surface area contributed by atoms with E-state index in [2.05, 4.69) is 0 Å². The van der Waals surface area contributed by atoms with E-state index in [9.17, 15) is 4.79 Å². The number of carbonyl (C=O) groups excluding carboxylic acids is 1. The minimum absolute atomic E-state index is 0.248. The van der Waals surface area contributed by atoms with Gasteiger partial charge in [-0.1, -0.05) is 30.3 Å². The normalized spacial score (nSPS) is 10.1. The number of benzene rings is 1. The molecule has 1 aromatic carbocycles. The number of hydrogen-bond acceptors (Lipinski definition) is 3. The highest BCUT2D eigenvalue weighted by atomic mass is 32.1. The molecule has 1 aromatic heterocycles. The fourth-order valence-corrected chi connectivity index (χ4v) is 2.33. The van der Waals surface area contributed by atoms with Gasteiger partial charge in [0, 0.05) is 10.9 Å². The Morgan fingerprint density at radius 2 is 2.00 bits per heavy atom. The van der Waals surface area contributed by atoms with Crippen molar-refractivity contribution in [3.05, 3.63) is 46.7 Å². The van der Waals surface area contributed by atoms with Gasteiger partial charge in [-0.2, -0.15) is 11.3 Å². The molecule has 2 aromatic rings. The average Bonchev–Trinajstić information content (AvgIpc) is 2.79. The molecule has 82 valence electrons. The lowest BCUT2D eigenvalue weighted by molar-refractivity contribution is 0.0528. The minimum atomic E-state index is -0.248. The first-order chi connectivity index (χ1) is 7.83. The molecule has 2 rings (SSSR count). The van der Waals surface area contributed by atoms with E-state index in [0.29, 0.717) is 12.2 Å². The summed E-state index contributed by atoms with van der Waals surface area (Å²) in [5.74, 6) is -0.248. The van der Waals surface area contributed by atoms with Crippen LogP contribution in [0.25, 0.3) is 11.1 Å². The fraction of sp³-hybridized carbons (Fsp3) is 0.154. The lowest BCUT2D eigenvalue weighted by Crippen LogP contribution is -2.04. The second-order valence-corrected chi connectivity index (χ2v) is 4.03. The molecule has 0 saturated heterocycles. The van der Waals surface area contributed by atoms with Crippen LogP contribution >= 0.6 is 11.3 Å². The standard InChI is InChI=1S/C13H12O2S/c1-2-15-13(14)12-9-16-8-11(12)10-6-4-3-5-7-10/h3-9H,2H2,1H3. The number of hydrogen-bond donors (Lipinski definition) is 0. The molecule has 0 atom stereocenters. The quantitative estimate of drug-likeness (QED) is 0.756. The largest absolute Gasteiger partial charge is 0.462 e. The highest BCUT2D eigenvalue weighted by molar-refractivity contribution is 7.08. The summed E-state index contributed by atoms with van der Waals surface area (Å²) in [6.45, 7) is 2.22. The van der Waals surface area contributed by atoms with Crippen LogP contribution in [-0.4, -0.2) is 12.6 Å². The topological polar surface area (TPSA) is 26.3 Å². The molecule has 0 aliphatic heterocycles. The van der Waals surface area contributed by atoms with Crippen molar-refractivity contribution < 1.29 is 9.53 Å². The van der Waals surface area contributed by atoms with Gasteiger partial charge in [0.05, 0.1) is 12.2 Å². The maximum atomic E-state index is 11.7. The van der Waals surface area contributed by atoms with Crippen LogP contribution in [0.2, 0.25) is 0 Å². The second-order valence-electron chi connectivity index (χ2n) is 3.29. The highest BCUT2D eigenvalue weighted by Gasteiger charge is 2.14. The molecule has 0 unspecified atom stereocenters. The third-order valence-electron chi connectivity index (χ3n) is 2.24. The van der Waals surface area contributed by atoms with Gasteiger partial charge in [-0.15, -0.1) is 0 Å². The third-order valence-corrected chi connectivity index (χ3v) is 2.99. The molecule has 0 aliphatic rings. The van der Waals surface area contributed by atoms with Gasteiger partial charge in [0.2, 0.25) is 0 Å². The summed E-state index contributed by atoms with van der Waals surface area (Å²) in [6, 6.07) is 9.86. The predicted molar refractivity (Wildman–Crippen MR) is 65.7 cm³/mol. The Balaban J connectivity index is 2.37. The molecule has 3 heteroatoms. The molecule has 0 aliphatic carbocycles. The van der Waals surface area contributed by atoms with E-state index in [1.54, 1.807) is 0 Å². The Morgan fingerprint density at radius 3 is 2.69 bits per heavy atom. The smallest absolute Gasteiger partial charge is 0.339 e. The molecule has 1 heterocycles. The number of ether oxygens (including phenoxy) is 1. The van der Waals surface area contributed by atoms with Gasteiger partial charge >= 0.3 is 5.97 Å². The molecule has 0 spiro atoms. The number of esters is 1. The molecular weight excluding hydrogens is 220 g/mol. The molecule has 0 saturated carbocycles. The maximum absolute atomic E-state index is 11.7. The van der Waals surface area contributed by atoms with Crippen molar-refractivity contribution >= 4 is 17.3 Å². The minimum Gasteiger partial charge on any atom is -0.462 e. The van der Waals surface area contributed by atoms with Crippen molar-refractivity contribution in [3.8, 4) is 11.1 Å². The molecule has 2 nitrogen and oxygen atoms in total. The SMILES string of the molecule is CCOC(=O)c1cscc1-c1ccccc1. The number of rotatable bonds is 3. The van der Waals surface area contributed by atoms with Gasteiger partial charge in [0.1, 0.15) is 0 Å². The zero-order valence-electron chi connectivity index (χ0n) is 8.97. The van der Waals surface area contributed by atoms with E-state index < -0.39 is 0 Å². The molecule has 16 heavy (non-hydrogen) atoms. The van der Waals surface area contributed by atoms with Crippen LogP contribution in [0.3, 0.4) is 0 Å². The van der Waals surface area contributed by atoms with Crippen LogP contribution in [-0.2, 0) is 4.74 Å². The van der Waals surface area contributed by atoms with Crippen LogP contribution in [0.15, 0.2) is 41.1 Å². The van der Waals surface area contributed by atoms with Gasteiger partial charge in [0.25, 0.3) is 0 Å². The monoisotopic (exact) mass is 232 g/mol. The van der Waals surface area contributed by atoms with Crippen molar-refractivity contribution in [3.63, 3.8) is 0 Å². The fourth-order valence-electron chi connectivity index (χ4n) is 1.51. The van der Waals surface area contributed by atoms with Gasteiger partial charge in [-0.05, 0) is 17.9 Å². The van der Waals surface area contributed by atoms with E-state index in [-0.39, 0.29) is 5.97 Å². The summed E-state index contributed by atoms with van der Waals surface area (Å²) >= 11 is 1.51. The van der Waals surface area contributed by atoms with Gasteiger partial charge in [-0.3, -0.25) is 0 Å². The number of thiophene rings is 1. The average molecular weight is 232 g/mol. The van der Waals surface area contributed by atoms with Crippen LogP contribution in [0.4, 0.5) is 0 Å². The first-order valence-electron chi connectivity index (χ1n) is 5.11. The summed E-state index contributed by atoms with van der Waals surface area (Å²) in [6.07, 6.45) is 0. The summed E-state index contributed by atoms with van der Waals surface area (Å²) in [4.78, 5) is 11.7. The second kappa shape index (κ2) is 4.94. The maximum Gasteiger partial charge on any atom is 0.339 e. The van der Waals surface area contributed by atoms with Crippen molar-refractivity contribution in [1.82, 2.24) is 0 Å². The molecule has 0 radical (unpaired) electrons. The third kappa shape index (κ3) is 2.14. The molecule has 0 amide bonds. The van der Waals surface area contributed by atoms with E-state index in [1.165, 1.54) is 11.3 Å². The Bertz CT molecular complexity index is 474. The Kier molecular flexibility index (Phi) is 3.37. The highest BCUT2D eigenvalue weighted by Crippen LogP contribution is 2.27. The molecule has 0 N–H and O–H groups in total. The van der Waals surface area contributed by atoms with Crippen LogP contribution in [0.5, 0.6) is 0 Å². The molecule has 0 fully saturated rings. The summed E-state index contributed by atoms with van der Waals surface area (Å²) in [5.41, 5.74) is 2.65. The summed E-state index contributed by atoms with van der Waals surface area (Å²) in [7, 11) is 0.